The fraction of sp³-hybridized carbons (Fsp3) is 0.250. The van der Waals surface area contributed by atoms with Crippen molar-refractivity contribution in [3.05, 3.63) is 54.6 Å². The van der Waals surface area contributed by atoms with Gasteiger partial charge < -0.3 is 9.26 Å². The number of ether oxygens (including phenoxy) is 1. The van der Waals surface area contributed by atoms with Gasteiger partial charge in [0.25, 0.3) is 5.88 Å². The van der Waals surface area contributed by atoms with Gasteiger partial charge in [-0.25, -0.2) is 18.4 Å². The highest BCUT2D eigenvalue weighted by atomic mass is 32.2. The summed E-state index contributed by atoms with van der Waals surface area (Å²) in [5, 5.41) is 3.57. The fourth-order valence-corrected chi connectivity index (χ4v) is 4.12. The number of aromatic nitrogens is 5. The molecule has 0 aliphatic carbocycles. The van der Waals surface area contributed by atoms with Gasteiger partial charge in [-0.15, -0.1) is 0 Å². The monoisotopic (exact) mass is 494 g/mol. The summed E-state index contributed by atoms with van der Waals surface area (Å²) in [5.74, 6) is -1.35. The first-order valence-corrected chi connectivity index (χ1v) is 11.5. The number of sulfonamides is 1. The van der Waals surface area contributed by atoms with Gasteiger partial charge in [0.15, 0.2) is 0 Å². The minimum Gasteiger partial charge on any atom is -0.457 e. The maximum atomic E-state index is 14.1. The molecule has 3 heterocycles. The molecule has 0 aliphatic rings. The number of hydrogen-bond acceptors (Lipinski definition) is 9. The molecule has 0 bridgehead atoms. The third-order valence-corrected chi connectivity index (χ3v) is 5.92. The smallest absolute Gasteiger partial charge is 0.429 e. The highest BCUT2D eigenvalue weighted by Gasteiger charge is 2.44. The Morgan fingerprint density at radius 1 is 1.12 bits per heavy atom. The molecule has 0 saturated heterocycles. The van der Waals surface area contributed by atoms with Gasteiger partial charge >= 0.3 is 6.18 Å². The summed E-state index contributed by atoms with van der Waals surface area (Å²) in [6, 6.07) is 8.52. The van der Waals surface area contributed by atoms with Crippen LogP contribution in [-0.2, 0) is 10.0 Å². The Morgan fingerprint density at radius 2 is 1.85 bits per heavy atom. The molecule has 4 aromatic rings. The molecule has 1 aromatic carbocycles. The minimum atomic E-state index is -4.90. The van der Waals surface area contributed by atoms with Crippen LogP contribution in [0.25, 0.3) is 22.6 Å². The number of halogens is 3. The summed E-state index contributed by atoms with van der Waals surface area (Å²) in [7, 11) is -3.90. The largest absolute Gasteiger partial charge is 0.457 e. The molecule has 3 aromatic heterocycles. The summed E-state index contributed by atoms with van der Waals surface area (Å²) < 4.78 is 79.0. The average molecular weight is 494 g/mol. The highest BCUT2D eigenvalue weighted by molar-refractivity contribution is 7.92. The SMILES string of the molecule is CCCS(=O)(=O)Nc1nc2ccccc2nc1OC(c1ccnc(-c2ncon2)c1)C(F)(F)F. The average Bonchev–Trinajstić information content (AvgIpc) is 3.31. The molecular formula is C20H17F3N6O4S. The zero-order chi connectivity index (χ0) is 24.3. The number of hydrogen-bond donors (Lipinski definition) is 1. The molecule has 4 rings (SSSR count). The number of nitrogens with zero attached hydrogens (tertiary/aromatic N) is 5. The summed E-state index contributed by atoms with van der Waals surface area (Å²) in [6.45, 7) is 1.65. The first-order valence-electron chi connectivity index (χ1n) is 9.89. The number of benzene rings is 1. The number of anilines is 1. The number of para-hydroxylation sites is 2. The topological polar surface area (TPSA) is 133 Å². The van der Waals surface area contributed by atoms with Crippen molar-refractivity contribution in [3.8, 4) is 17.4 Å². The number of fused-ring (bicyclic) bond motifs is 1. The van der Waals surface area contributed by atoms with Crippen molar-refractivity contribution in [1.82, 2.24) is 25.1 Å². The van der Waals surface area contributed by atoms with E-state index in [4.69, 9.17) is 4.74 Å². The van der Waals surface area contributed by atoms with Crippen molar-refractivity contribution in [2.45, 2.75) is 25.6 Å². The quantitative estimate of drug-likeness (QED) is 0.387. The summed E-state index contributed by atoms with van der Waals surface area (Å²) >= 11 is 0. The Morgan fingerprint density at radius 3 is 2.50 bits per heavy atom. The number of pyridine rings is 1. The molecule has 0 amide bonds. The maximum absolute atomic E-state index is 14.1. The van der Waals surface area contributed by atoms with E-state index in [0.717, 1.165) is 24.7 Å². The molecule has 0 aliphatic heterocycles. The molecule has 0 spiro atoms. The third kappa shape index (κ3) is 5.22. The van der Waals surface area contributed by atoms with Crippen LogP contribution < -0.4 is 9.46 Å². The Balaban J connectivity index is 1.79. The molecular weight excluding hydrogens is 477 g/mol. The van der Waals surface area contributed by atoms with Gasteiger partial charge in [0.2, 0.25) is 34.2 Å². The van der Waals surface area contributed by atoms with Gasteiger partial charge in [0.1, 0.15) is 5.69 Å². The molecule has 1 unspecified atom stereocenters. The van der Waals surface area contributed by atoms with Crippen LogP contribution in [-0.4, -0.2) is 45.4 Å². The summed E-state index contributed by atoms with van der Waals surface area (Å²) in [6.07, 6.45) is -4.98. The predicted octanol–water partition coefficient (Wildman–Crippen LogP) is 3.91. The molecule has 0 fully saturated rings. The molecule has 34 heavy (non-hydrogen) atoms. The highest BCUT2D eigenvalue weighted by Crippen LogP contribution is 2.39. The van der Waals surface area contributed by atoms with Crippen molar-refractivity contribution >= 4 is 26.9 Å². The lowest BCUT2D eigenvalue weighted by Crippen LogP contribution is -2.27. The van der Waals surface area contributed by atoms with E-state index in [1.807, 2.05) is 0 Å². The summed E-state index contributed by atoms with van der Waals surface area (Å²) in [4.78, 5) is 16.0. The minimum absolute atomic E-state index is 0.0127. The molecule has 10 nitrogen and oxygen atoms in total. The van der Waals surface area contributed by atoms with Crippen LogP contribution in [0.4, 0.5) is 19.0 Å². The fourth-order valence-electron chi connectivity index (χ4n) is 3.05. The summed E-state index contributed by atoms with van der Waals surface area (Å²) in [5.41, 5.74) is 0.187. The first kappa shape index (κ1) is 23.4. The zero-order valence-corrected chi connectivity index (χ0v) is 18.3. The van der Waals surface area contributed by atoms with Gasteiger partial charge in [-0.3, -0.25) is 9.71 Å². The zero-order valence-electron chi connectivity index (χ0n) is 17.5. The van der Waals surface area contributed by atoms with E-state index in [0.29, 0.717) is 0 Å². The lowest BCUT2D eigenvalue weighted by Gasteiger charge is -2.23. The first-order chi connectivity index (χ1) is 16.2. The van der Waals surface area contributed by atoms with Gasteiger partial charge in [-0.05, 0) is 30.7 Å². The Bertz CT molecular complexity index is 1400. The normalized spacial score (nSPS) is 13.1. The van der Waals surface area contributed by atoms with Crippen molar-refractivity contribution in [3.63, 3.8) is 0 Å². The number of alkyl halides is 3. The Hall–Kier alpha value is -3.81. The van der Waals surface area contributed by atoms with E-state index in [1.165, 1.54) is 6.07 Å². The van der Waals surface area contributed by atoms with Crippen LogP contribution in [0.3, 0.4) is 0 Å². The maximum Gasteiger partial charge on any atom is 0.429 e. The number of rotatable bonds is 8. The van der Waals surface area contributed by atoms with Crippen LogP contribution in [0.2, 0.25) is 0 Å². The van der Waals surface area contributed by atoms with E-state index in [1.54, 1.807) is 25.1 Å². The predicted molar refractivity (Wildman–Crippen MR) is 114 cm³/mol. The van der Waals surface area contributed by atoms with Crippen molar-refractivity contribution < 1.29 is 30.8 Å². The lowest BCUT2D eigenvalue weighted by atomic mass is 10.1. The van der Waals surface area contributed by atoms with Crippen LogP contribution in [0.1, 0.15) is 25.0 Å². The van der Waals surface area contributed by atoms with Crippen molar-refractivity contribution in [2.75, 3.05) is 10.5 Å². The van der Waals surface area contributed by atoms with Gasteiger partial charge in [-0.1, -0.05) is 24.2 Å². The van der Waals surface area contributed by atoms with Gasteiger partial charge in [0, 0.05) is 11.8 Å². The second-order valence-electron chi connectivity index (χ2n) is 7.06. The molecule has 1 atom stereocenters. The van der Waals surface area contributed by atoms with Crippen LogP contribution >= 0.6 is 0 Å². The molecule has 1 N–H and O–H groups in total. The van der Waals surface area contributed by atoms with Crippen LogP contribution in [0.15, 0.2) is 53.5 Å². The lowest BCUT2D eigenvalue weighted by molar-refractivity contribution is -0.198. The molecule has 14 heteroatoms. The van der Waals surface area contributed by atoms with Gasteiger partial charge in [0.05, 0.1) is 16.8 Å². The molecule has 0 saturated carbocycles. The number of nitrogens with one attached hydrogen (secondary N) is 1. The van der Waals surface area contributed by atoms with Crippen molar-refractivity contribution in [2.24, 2.45) is 0 Å². The molecule has 0 radical (unpaired) electrons. The Kier molecular flexibility index (Phi) is 6.32. The van der Waals surface area contributed by atoms with Crippen molar-refractivity contribution in [1.29, 1.82) is 0 Å². The standard InChI is InChI=1S/C20H17F3N6O4S/c1-2-9-34(30,31)29-18-19(27-14-6-4-3-5-13(14)26-18)33-16(20(21,22)23)12-7-8-24-15(10-12)17-25-11-32-28-17/h3-8,10-11,16H,2,9H2,1H3,(H,26,29). The third-order valence-electron chi connectivity index (χ3n) is 4.47. The molecule has 178 valence electrons. The van der Waals surface area contributed by atoms with E-state index in [2.05, 4.69) is 34.3 Å². The van der Waals surface area contributed by atoms with Gasteiger partial charge in [-0.2, -0.15) is 18.2 Å². The van der Waals surface area contributed by atoms with E-state index in [9.17, 15) is 21.6 Å². The van der Waals surface area contributed by atoms with E-state index < -0.39 is 34.0 Å². The van der Waals surface area contributed by atoms with E-state index >= 15 is 0 Å². The van der Waals surface area contributed by atoms with Crippen LogP contribution in [0.5, 0.6) is 5.88 Å². The second kappa shape index (κ2) is 9.21. The Labute approximate surface area is 191 Å². The van der Waals surface area contributed by atoms with Crippen LogP contribution in [0, 0.1) is 0 Å². The van der Waals surface area contributed by atoms with E-state index in [-0.39, 0.29) is 40.3 Å². The second-order valence-corrected chi connectivity index (χ2v) is 8.90.